The van der Waals surface area contributed by atoms with E-state index in [1.807, 2.05) is 0 Å². The molecule has 2 N–H and O–H groups in total. The maximum atomic E-state index is 14.8. The van der Waals surface area contributed by atoms with Crippen LogP contribution in [0.15, 0.2) is 28.6 Å². The Labute approximate surface area is 198 Å². The van der Waals surface area contributed by atoms with Crippen molar-refractivity contribution in [2.45, 2.75) is 48.2 Å². The number of sulfone groups is 1. The second-order valence-corrected chi connectivity index (χ2v) is 11.4. The molecule has 1 saturated carbocycles. The van der Waals surface area contributed by atoms with Gasteiger partial charge in [0.15, 0.2) is 9.84 Å². The predicted molar refractivity (Wildman–Crippen MR) is 119 cm³/mol. The number of anilines is 1. The number of hydrogen-bond donors (Lipinski definition) is 2. The molecule has 2 aromatic rings. The summed E-state index contributed by atoms with van der Waals surface area (Å²) < 4.78 is 80.0. The molecule has 184 valence electrons. The highest BCUT2D eigenvalue weighted by molar-refractivity contribution is 7.90. The molecule has 1 heterocycles. The van der Waals surface area contributed by atoms with Gasteiger partial charge in [0.2, 0.25) is 0 Å². The van der Waals surface area contributed by atoms with E-state index in [9.17, 15) is 31.1 Å². The van der Waals surface area contributed by atoms with Crippen molar-refractivity contribution < 1.29 is 31.1 Å². The summed E-state index contributed by atoms with van der Waals surface area (Å²) in [7, 11) is -2.43. The number of nitrogens with zero attached hydrogens (tertiary/aromatic N) is 2. The fraction of sp³-hybridized carbons (Fsp3) is 0.550. The van der Waals surface area contributed by atoms with Gasteiger partial charge in [-0.15, -0.1) is 11.3 Å². The lowest BCUT2D eigenvalue weighted by Crippen LogP contribution is -2.51. The molecular formula is C20H24ClF4N3O3S2. The topological polar surface area (TPSA) is 82.5 Å². The van der Waals surface area contributed by atoms with Crippen LogP contribution in [-0.2, 0) is 15.6 Å². The Morgan fingerprint density at radius 1 is 1.33 bits per heavy atom. The molecule has 0 unspecified atom stereocenters. The monoisotopic (exact) mass is 529 g/mol. The summed E-state index contributed by atoms with van der Waals surface area (Å²) in [5.74, 6) is -2.96. The Morgan fingerprint density at radius 3 is 2.67 bits per heavy atom. The second-order valence-electron chi connectivity index (χ2n) is 8.02. The van der Waals surface area contributed by atoms with Crippen molar-refractivity contribution in [3.63, 3.8) is 0 Å². The number of alkyl halides is 3. The van der Waals surface area contributed by atoms with E-state index in [1.165, 1.54) is 6.20 Å². The van der Waals surface area contributed by atoms with Crippen LogP contribution >= 0.6 is 22.9 Å². The molecule has 0 bridgehead atoms. The third-order valence-corrected chi connectivity index (χ3v) is 8.70. The molecule has 0 saturated heterocycles. The van der Waals surface area contributed by atoms with E-state index >= 15 is 0 Å². The van der Waals surface area contributed by atoms with Crippen LogP contribution in [0.2, 0.25) is 5.02 Å². The lowest BCUT2D eigenvalue weighted by Gasteiger charge is -2.42. The molecule has 1 aliphatic rings. The van der Waals surface area contributed by atoms with Crippen molar-refractivity contribution in [1.29, 1.82) is 0 Å². The predicted octanol–water partition coefficient (Wildman–Crippen LogP) is 4.35. The van der Waals surface area contributed by atoms with E-state index in [1.54, 1.807) is 17.3 Å². The normalized spacial score (nSPS) is 22.0. The van der Waals surface area contributed by atoms with Crippen LogP contribution in [-0.4, -0.2) is 61.9 Å². The average Bonchev–Trinajstić information content (AvgIpc) is 3.22. The number of nitrogens with one attached hydrogen (secondary N) is 1. The minimum absolute atomic E-state index is 0.0596. The molecule has 1 aromatic heterocycles. The van der Waals surface area contributed by atoms with E-state index in [2.05, 4.69) is 10.3 Å². The first-order valence-electron chi connectivity index (χ1n) is 10.2. The van der Waals surface area contributed by atoms with Crippen LogP contribution in [0.5, 0.6) is 0 Å². The maximum Gasteiger partial charge on any atom is 0.391 e. The van der Waals surface area contributed by atoms with E-state index in [0.717, 1.165) is 23.5 Å². The number of aliphatic hydroxyl groups is 1. The third kappa shape index (κ3) is 6.36. The molecular weight excluding hydrogens is 506 g/mol. The summed E-state index contributed by atoms with van der Waals surface area (Å²) in [4.78, 5) is 4.97. The van der Waals surface area contributed by atoms with Crippen LogP contribution in [0.1, 0.15) is 24.3 Å². The van der Waals surface area contributed by atoms with Crippen LogP contribution in [0.25, 0.3) is 0 Å². The first-order valence-corrected chi connectivity index (χ1v) is 13.1. The van der Waals surface area contributed by atoms with Crippen molar-refractivity contribution in [1.82, 2.24) is 9.88 Å². The zero-order valence-corrected chi connectivity index (χ0v) is 20.0. The summed E-state index contributed by atoms with van der Waals surface area (Å²) in [5, 5.41) is 14.1. The SMILES string of the molecule is CN(CCO)[C@H]1C[C@@H](C(F)(F)F)CC[C@@H]1Nc1cc(F)c(S(=O)(=O)Cc2nccs2)cc1Cl. The van der Waals surface area contributed by atoms with E-state index < -0.39 is 50.5 Å². The zero-order chi connectivity index (χ0) is 24.4. The highest BCUT2D eigenvalue weighted by atomic mass is 35.5. The Hall–Kier alpha value is -1.47. The fourth-order valence-corrected chi connectivity index (χ4v) is 6.69. The van der Waals surface area contributed by atoms with Gasteiger partial charge in [0.1, 0.15) is 21.5 Å². The lowest BCUT2D eigenvalue weighted by atomic mass is 9.81. The van der Waals surface area contributed by atoms with Gasteiger partial charge in [-0.25, -0.2) is 17.8 Å². The Morgan fingerprint density at radius 2 is 2.06 bits per heavy atom. The highest BCUT2D eigenvalue weighted by Gasteiger charge is 2.46. The van der Waals surface area contributed by atoms with Gasteiger partial charge in [0, 0.05) is 30.2 Å². The maximum absolute atomic E-state index is 14.8. The van der Waals surface area contributed by atoms with Gasteiger partial charge in [-0.05, 0) is 38.4 Å². The molecule has 0 aliphatic heterocycles. The number of likely N-dealkylation sites (N-methyl/N-ethyl adjacent to an activating group) is 1. The Balaban J connectivity index is 1.83. The van der Waals surface area contributed by atoms with Gasteiger partial charge in [-0.2, -0.15) is 13.2 Å². The number of benzene rings is 1. The Kier molecular flexibility index (Phi) is 8.26. The highest BCUT2D eigenvalue weighted by Crippen LogP contribution is 2.40. The summed E-state index contributed by atoms with van der Waals surface area (Å²) in [6.45, 7) is -0.0547. The van der Waals surface area contributed by atoms with Gasteiger partial charge < -0.3 is 10.4 Å². The van der Waals surface area contributed by atoms with Gasteiger partial charge in [0.25, 0.3) is 0 Å². The zero-order valence-electron chi connectivity index (χ0n) is 17.6. The van der Waals surface area contributed by atoms with Crippen molar-refractivity contribution in [3.8, 4) is 0 Å². The molecule has 6 nitrogen and oxygen atoms in total. The number of aliphatic hydroxyl groups excluding tert-OH is 1. The standard InChI is InChI=1S/C20H24ClF4N3O3S2/c1-28(5-6-29)17-8-12(20(23,24)25)2-3-15(17)27-16-10-14(22)18(9-13(16)21)33(30,31)11-19-26-4-7-32-19/h4,7,9-10,12,15,17,27,29H,2-3,5-6,8,11H2,1H3/t12-,15-,17-/m0/s1. The molecule has 3 rings (SSSR count). The molecule has 13 heteroatoms. The largest absolute Gasteiger partial charge is 0.395 e. The van der Waals surface area contributed by atoms with Crippen molar-refractivity contribution in [3.05, 3.63) is 39.6 Å². The number of thiazole rings is 1. The summed E-state index contributed by atoms with van der Waals surface area (Å²) in [6, 6.07) is 0.867. The third-order valence-electron chi connectivity index (χ3n) is 5.79. The minimum atomic E-state index is -4.33. The number of hydrogen-bond acceptors (Lipinski definition) is 7. The molecule has 0 amide bonds. The molecule has 1 aliphatic carbocycles. The van der Waals surface area contributed by atoms with Crippen LogP contribution < -0.4 is 5.32 Å². The van der Waals surface area contributed by atoms with Gasteiger partial charge in [-0.3, -0.25) is 4.90 Å². The van der Waals surface area contributed by atoms with Crippen LogP contribution in [0, 0.1) is 11.7 Å². The van der Waals surface area contributed by atoms with Crippen LogP contribution in [0.3, 0.4) is 0 Å². The Bertz CT molecular complexity index is 1050. The number of halogens is 5. The van der Waals surface area contributed by atoms with Crippen molar-refractivity contribution >= 4 is 38.5 Å². The summed E-state index contributed by atoms with van der Waals surface area (Å²) >= 11 is 7.39. The van der Waals surface area contributed by atoms with Gasteiger partial charge in [-0.1, -0.05) is 11.6 Å². The average molecular weight is 530 g/mol. The molecule has 33 heavy (non-hydrogen) atoms. The minimum Gasteiger partial charge on any atom is -0.395 e. The summed E-state index contributed by atoms with van der Waals surface area (Å²) in [6.07, 6.45) is -3.03. The van der Waals surface area contributed by atoms with E-state index in [4.69, 9.17) is 11.6 Å². The second kappa shape index (κ2) is 10.4. The quantitative estimate of drug-likeness (QED) is 0.495. The smallest absolute Gasteiger partial charge is 0.391 e. The van der Waals surface area contributed by atoms with Gasteiger partial charge >= 0.3 is 6.18 Å². The number of rotatable bonds is 8. The van der Waals surface area contributed by atoms with Crippen LogP contribution in [0.4, 0.5) is 23.2 Å². The first kappa shape index (κ1) is 26.1. The van der Waals surface area contributed by atoms with Gasteiger partial charge in [0.05, 0.1) is 23.2 Å². The molecule has 3 atom stereocenters. The lowest BCUT2D eigenvalue weighted by molar-refractivity contribution is -0.187. The molecule has 1 aromatic carbocycles. The molecule has 1 fully saturated rings. The molecule has 0 radical (unpaired) electrons. The van der Waals surface area contributed by atoms with Crippen molar-refractivity contribution in [2.75, 3.05) is 25.5 Å². The first-order chi connectivity index (χ1) is 15.4. The fourth-order valence-electron chi connectivity index (χ4n) is 4.06. The van der Waals surface area contributed by atoms with E-state index in [0.29, 0.717) is 5.01 Å². The molecule has 0 spiro atoms. The number of aromatic nitrogens is 1. The van der Waals surface area contributed by atoms with E-state index in [-0.39, 0.29) is 43.1 Å². The van der Waals surface area contributed by atoms with Crippen molar-refractivity contribution in [2.24, 2.45) is 5.92 Å². The summed E-state index contributed by atoms with van der Waals surface area (Å²) in [5.41, 5.74) is 0.0974.